The van der Waals surface area contributed by atoms with E-state index in [9.17, 15) is 4.79 Å². The van der Waals surface area contributed by atoms with Gasteiger partial charge in [0.2, 0.25) is 11.8 Å². The van der Waals surface area contributed by atoms with Crippen molar-refractivity contribution in [1.29, 1.82) is 0 Å². The van der Waals surface area contributed by atoms with Crippen LogP contribution in [0.4, 0.5) is 5.69 Å². The zero-order chi connectivity index (χ0) is 17.8. The van der Waals surface area contributed by atoms with Crippen LogP contribution in [-0.4, -0.2) is 20.7 Å². The largest absolute Gasteiger partial charge is 0.437 e. The van der Waals surface area contributed by atoms with Gasteiger partial charge in [-0.15, -0.1) is 0 Å². The van der Waals surface area contributed by atoms with Crippen molar-refractivity contribution in [3.05, 3.63) is 66.1 Å². The van der Waals surface area contributed by atoms with E-state index >= 15 is 0 Å². The molecule has 1 N–H and O–H groups in total. The zero-order valence-corrected chi connectivity index (χ0v) is 14.4. The van der Waals surface area contributed by atoms with Crippen LogP contribution in [0.2, 0.25) is 0 Å². The number of anilines is 1. The molecule has 0 spiro atoms. The van der Waals surface area contributed by atoms with Crippen LogP contribution in [0.5, 0.6) is 11.6 Å². The van der Waals surface area contributed by atoms with Gasteiger partial charge in [0.15, 0.2) is 0 Å². The van der Waals surface area contributed by atoms with Gasteiger partial charge in [-0.25, -0.2) is 4.98 Å². The Morgan fingerprint density at radius 1 is 1.16 bits per heavy atom. The third-order valence-electron chi connectivity index (χ3n) is 3.78. The van der Waals surface area contributed by atoms with Gasteiger partial charge in [0.1, 0.15) is 17.5 Å². The number of ether oxygens (including phenoxy) is 1. The molecule has 3 aromatic rings. The molecule has 0 saturated heterocycles. The predicted octanol–water partition coefficient (Wildman–Crippen LogP) is 3.89. The number of nitrogens with zero attached hydrogens (tertiary/aromatic N) is 3. The van der Waals surface area contributed by atoms with Gasteiger partial charge in [-0.3, -0.25) is 9.48 Å². The third kappa shape index (κ3) is 3.85. The number of rotatable bonds is 5. The lowest BCUT2D eigenvalue weighted by Gasteiger charge is -2.16. The number of benzene rings is 1. The highest BCUT2D eigenvalue weighted by Crippen LogP contribution is 2.27. The summed E-state index contributed by atoms with van der Waals surface area (Å²) in [4.78, 5) is 16.8. The molecule has 0 aliphatic rings. The van der Waals surface area contributed by atoms with Gasteiger partial charge in [0.25, 0.3) is 0 Å². The SMILES string of the molecule is Cc1cc(C)n(C(C)C(=O)Nc2cccnc2Oc2ccccc2)n1. The fraction of sp³-hybridized carbons (Fsp3) is 0.211. The van der Waals surface area contributed by atoms with Crippen LogP contribution in [0, 0.1) is 13.8 Å². The van der Waals surface area contributed by atoms with Crippen molar-refractivity contribution in [2.75, 3.05) is 5.32 Å². The van der Waals surface area contributed by atoms with Crippen molar-refractivity contribution in [2.24, 2.45) is 0 Å². The summed E-state index contributed by atoms with van der Waals surface area (Å²) in [6.45, 7) is 5.64. The molecule has 2 heterocycles. The van der Waals surface area contributed by atoms with Gasteiger partial charge in [-0.1, -0.05) is 18.2 Å². The number of hydrogen-bond donors (Lipinski definition) is 1. The summed E-state index contributed by atoms with van der Waals surface area (Å²) in [6.07, 6.45) is 1.62. The molecule has 0 bridgehead atoms. The number of para-hydroxylation sites is 1. The molecule has 1 amide bonds. The van der Waals surface area contributed by atoms with Crippen molar-refractivity contribution < 1.29 is 9.53 Å². The van der Waals surface area contributed by atoms with Gasteiger partial charge in [-0.05, 0) is 51.1 Å². The molecule has 25 heavy (non-hydrogen) atoms. The summed E-state index contributed by atoms with van der Waals surface area (Å²) in [5.74, 6) is 0.822. The number of amides is 1. The molecule has 1 aromatic carbocycles. The molecule has 128 valence electrons. The number of carbonyl (C=O) groups excluding carboxylic acids is 1. The minimum atomic E-state index is -0.446. The first-order valence-corrected chi connectivity index (χ1v) is 8.06. The molecule has 0 aliphatic heterocycles. The van der Waals surface area contributed by atoms with Crippen molar-refractivity contribution in [2.45, 2.75) is 26.8 Å². The first-order valence-electron chi connectivity index (χ1n) is 8.06. The Kier molecular flexibility index (Phi) is 4.79. The molecule has 0 fully saturated rings. The Morgan fingerprint density at radius 2 is 1.92 bits per heavy atom. The van der Waals surface area contributed by atoms with E-state index in [1.54, 1.807) is 23.0 Å². The number of nitrogens with one attached hydrogen (secondary N) is 1. The molecule has 2 aromatic heterocycles. The zero-order valence-electron chi connectivity index (χ0n) is 14.4. The lowest BCUT2D eigenvalue weighted by molar-refractivity contribution is -0.119. The van der Waals surface area contributed by atoms with Crippen molar-refractivity contribution in [3.63, 3.8) is 0 Å². The van der Waals surface area contributed by atoms with E-state index in [2.05, 4.69) is 15.4 Å². The Balaban J connectivity index is 1.78. The highest BCUT2D eigenvalue weighted by Gasteiger charge is 2.19. The van der Waals surface area contributed by atoms with Crippen LogP contribution in [0.15, 0.2) is 54.7 Å². The Morgan fingerprint density at radius 3 is 2.60 bits per heavy atom. The molecular weight excluding hydrogens is 316 g/mol. The van der Waals surface area contributed by atoms with Crippen LogP contribution in [0.25, 0.3) is 0 Å². The molecule has 1 atom stereocenters. The third-order valence-corrected chi connectivity index (χ3v) is 3.78. The summed E-state index contributed by atoms with van der Waals surface area (Å²) < 4.78 is 7.48. The molecule has 6 nitrogen and oxygen atoms in total. The molecule has 3 rings (SSSR count). The number of hydrogen-bond acceptors (Lipinski definition) is 4. The highest BCUT2D eigenvalue weighted by molar-refractivity contribution is 5.94. The number of pyridine rings is 1. The fourth-order valence-corrected chi connectivity index (χ4v) is 2.55. The first kappa shape index (κ1) is 16.7. The molecule has 1 unspecified atom stereocenters. The Hall–Kier alpha value is -3.15. The minimum absolute atomic E-state index is 0.183. The van der Waals surface area contributed by atoms with E-state index in [-0.39, 0.29) is 5.91 Å². The second kappa shape index (κ2) is 7.17. The lowest BCUT2D eigenvalue weighted by Crippen LogP contribution is -2.25. The highest BCUT2D eigenvalue weighted by atomic mass is 16.5. The Labute approximate surface area is 146 Å². The predicted molar refractivity (Wildman–Crippen MR) is 95.8 cm³/mol. The van der Waals surface area contributed by atoms with Crippen LogP contribution in [0.3, 0.4) is 0 Å². The number of aryl methyl sites for hydroxylation is 2. The fourth-order valence-electron chi connectivity index (χ4n) is 2.55. The molecule has 0 saturated carbocycles. The summed E-state index contributed by atoms with van der Waals surface area (Å²) in [7, 11) is 0. The van der Waals surface area contributed by atoms with Crippen molar-refractivity contribution in [3.8, 4) is 11.6 Å². The monoisotopic (exact) mass is 336 g/mol. The standard InChI is InChI=1S/C19H20N4O2/c1-13-12-14(2)23(22-13)15(3)18(24)21-17-10-7-11-20-19(17)25-16-8-5-4-6-9-16/h4-12,15H,1-3H3,(H,21,24). The van der Waals surface area contributed by atoms with E-state index in [1.165, 1.54) is 0 Å². The lowest BCUT2D eigenvalue weighted by atomic mass is 10.3. The normalized spacial score (nSPS) is 11.8. The van der Waals surface area contributed by atoms with Crippen LogP contribution in [-0.2, 0) is 4.79 Å². The van der Waals surface area contributed by atoms with Crippen LogP contribution in [0.1, 0.15) is 24.4 Å². The van der Waals surface area contributed by atoms with Gasteiger partial charge in [0, 0.05) is 11.9 Å². The Bertz CT molecular complexity index is 874. The van der Waals surface area contributed by atoms with Gasteiger partial charge in [-0.2, -0.15) is 5.10 Å². The average Bonchev–Trinajstić information content (AvgIpc) is 2.95. The van der Waals surface area contributed by atoms with E-state index in [4.69, 9.17) is 4.74 Å². The van der Waals surface area contributed by atoms with Crippen molar-refractivity contribution >= 4 is 11.6 Å². The number of carbonyl (C=O) groups is 1. The molecule has 0 aliphatic carbocycles. The maximum Gasteiger partial charge on any atom is 0.249 e. The first-order chi connectivity index (χ1) is 12.0. The smallest absolute Gasteiger partial charge is 0.249 e. The van der Waals surface area contributed by atoms with Gasteiger partial charge >= 0.3 is 0 Å². The molecule has 6 heteroatoms. The summed E-state index contributed by atoms with van der Waals surface area (Å²) in [6, 6.07) is 14.3. The minimum Gasteiger partial charge on any atom is -0.437 e. The van der Waals surface area contributed by atoms with E-state index in [0.717, 1.165) is 11.4 Å². The van der Waals surface area contributed by atoms with E-state index in [0.29, 0.717) is 17.3 Å². The van der Waals surface area contributed by atoms with E-state index < -0.39 is 6.04 Å². The topological polar surface area (TPSA) is 69.0 Å². The van der Waals surface area contributed by atoms with Gasteiger partial charge in [0.05, 0.1) is 5.69 Å². The van der Waals surface area contributed by atoms with Crippen molar-refractivity contribution in [1.82, 2.24) is 14.8 Å². The second-order valence-corrected chi connectivity index (χ2v) is 5.81. The maximum atomic E-state index is 12.6. The maximum absolute atomic E-state index is 12.6. The van der Waals surface area contributed by atoms with Gasteiger partial charge < -0.3 is 10.1 Å². The number of aromatic nitrogens is 3. The quantitative estimate of drug-likeness (QED) is 0.767. The van der Waals surface area contributed by atoms with Crippen LogP contribution >= 0.6 is 0 Å². The summed E-state index contributed by atoms with van der Waals surface area (Å²) in [5.41, 5.74) is 2.34. The molecular formula is C19H20N4O2. The summed E-state index contributed by atoms with van der Waals surface area (Å²) in [5, 5.41) is 7.25. The summed E-state index contributed by atoms with van der Waals surface area (Å²) >= 11 is 0. The second-order valence-electron chi connectivity index (χ2n) is 5.81. The van der Waals surface area contributed by atoms with E-state index in [1.807, 2.05) is 57.2 Å². The average molecular weight is 336 g/mol. The molecule has 0 radical (unpaired) electrons. The van der Waals surface area contributed by atoms with Crippen LogP contribution < -0.4 is 10.1 Å².